The number of anilines is 1. The van der Waals surface area contributed by atoms with Gasteiger partial charge in [-0.1, -0.05) is 23.1 Å². The number of nitrogens with one attached hydrogen (secondary N) is 1. The molecule has 2 aromatic rings. The molecule has 0 aliphatic heterocycles. The zero-order valence-electron chi connectivity index (χ0n) is 16.8. The number of aldehydes is 1. The molecule has 30 heavy (non-hydrogen) atoms. The number of hydrogen-bond donors (Lipinski definition) is 4. The summed E-state index contributed by atoms with van der Waals surface area (Å²) in [5.74, 6) is 5.20. The third kappa shape index (κ3) is 6.05. The maximum atomic E-state index is 13.9. The minimum Gasteiger partial charge on any atom is -0.399 e. The molecule has 0 fully saturated rings. The zero-order chi connectivity index (χ0) is 22.3. The molecule has 0 bridgehead atoms. The van der Waals surface area contributed by atoms with E-state index in [-0.39, 0.29) is 17.2 Å². The standard InChI is InChI=1S/C17H24FN9OS2/c1-22-15(4-12-16(18)30-17(20)25-12)29-14-8-26(2)13(9-28)11(14)6-24-27(3)7-10(19)5-23-21/h5-6,8-9,23H,4,7,19,21H2,1-3H3,(H2,20,25)/b10-5-,22-15-,24-6-. The van der Waals surface area contributed by atoms with Crippen LogP contribution < -0.4 is 22.7 Å². The molecule has 7 N–H and O–H groups in total. The smallest absolute Gasteiger partial charge is 0.201 e. The summed E-state index contributed by atoms with van der Waals surface area (Å²) in [7, 11) is 5.10. The summed E-state index contributed by atoms with van der Waals surface area (Å²) in [5.41, 5.74) is 15.5. The van der Waals surface area contributed by atoms with Crippen molar-refractivity contribution >= 4 is 45.8 Å². The first kappa shape index (κ1) is 23.4. The molecular formula is C17H24FN9OS2. The Hall–Kier alpha value is -2.90. The fourth-order valence-electron chi connectivity index (χ4n) is 2.49. The molecule has 0 radical (unpaired) electrons. The van der Waals surface area contributed by atoms with Crippen LogP contribution in [0.5, 0.6) is 0 Å². The highest BCUT2D eigenvalue weighted by Crippen LogP contribution is 2.29. The molecule has 2 aromatic heterocycles. The average molecular weight is 454 g/mol. The topological polar surface area (TPSA) is 153 Å². The van der Waals surface area contributed by atoms with E-state index in [2.05, 4.69) is 20.5 Å². The number of thiazole rings is 1. The molecule has 0 aliphatic carbocycles. The van der Waals surface area contributed by atoms with Crippen molar-refractivity contribution in [2.75, 3.05) is 26.4 Å². The molecule has 0 amide bonds. The summed E-state index contributed by atoms with van der Waals surface area (Å²) in [6, 6.07) is 0. The summed E-state index contributed by atoms with van der Waals surface area (Å²) in [6.07, 6.45) is 5.77. The number of hydrazine groups is 1. The minimum atomic E-state index is -0.433. The predicted octanol–water partition coefficient (Wildman–Crippen LogP) is 0.908. The third-order valence-corrected chi connectivity index (χ3v) is 5.69. The monoisotopic (exact) mass is 453 g/mol. The number of hydrogen-bond acceptors (Lipinski definition) is 11. The number of halogens is 1. The lowest BCUT2D eigenvalue weighted by molar-refractivity contribution is 0.111. The second kappa shape index (κ2) is 10.8. The molecule has 0 aromatic carbocycles. The molecule has 162 valence electrons. The largest absolute Gasteiger partial charge is 0.399 e. The van der Waals surface area contributed by atoms with Gasteiger partial charge in [0.25, 0.3) is 0 Å². The van der Waals surface area contributed by atoms with Gasteiger partial charge in [0.1, 0.15) is 0 Å². The van der Waals surface area contributed by atoms with Gasteiger partial charge in [-0.15, -0.1) is 0 Å². The lowest BCUT2D eigenvalue weighted by Crippen LogP contribution is -2.23. The van der Waals surface area contributed by atoms with E-state index in [1.165, 1.54) is 18.0 Å². The Morgan fingerprint density at radius 3 is 2.83 bits per heavy atom. The van der Waals surface area contributed by atoms with Gasteiger partial charge in [0.15, 0.2) is 11.4 Å². The molecule has 0 aliphatic rings. The van der Waals surface area contributed by atoms with E-state index >= 15 is 0 Å². The van der Waals surface area contributed by atoms with Gasteiger partial charge in [-0.3, -0.25) is 20.6 Å². The van der Waals surface area contributed by atoms with Crippen LogP contribution in [0.3, 0.4) is 0 Å². The number of carbonyl (C=O) groups excluding carboxylic acids is 1. The van der Waals surface area contributed by atoms with E-state index in [9.17, 15) is 9.18 Å². The summed E-state index contributed by atoms with van der Waals surface area (Å²) < 4.78 is 15.6. The quantitative estimate of drug-likeness (QED) is 0.109. The van der Waals surface area contributed by atoms with Crippen LogP contribution in [0.1, 0.15) is 21.7 Å². The molecule has 13 heteroatoms. The normalized spacial score (nSPS) is 12.6. The van der Waals surface area contributed by atoms with E-state index < -0.39 is 5.13 Å². The van der Waals surface area contributed by atoms with E-state index in [0.717, 1.165) is 22.5 Å². The van der Waals surface area contributed by atoms with Crippen molar-refractivity contribution in [2.24, 2.45) is 28.7 Å². The van der Waals surface area contributed by atoms with Crippen LogP contribution in [0.25, 0.3) is 0 Å². The number of aryl methyl sites for hydroxylation is 1. The van der Waals surface area contributed by atoms with Crippen LogP contribution in [0.15, 0.2) is 33.1 Å². The number of hydrazone groups is 1. The second-order valence-electron chi connectivity index (χ2n) is 6.14. The van der Waals surface area contributed by atoms with Crippen LogP contribution in [0, 0.1) is 5.13 Å². The summed E-state index contributed by atoms with van der Waals surface area (Å²) in [5, 5.41) is 6.29. The number of rotatable bonds is 9. The predicted molar refractivity (Wildman–Crippen MR) is 120 cm³/mol. The average Bonchev–Trinajstić information content (AvgIpc) is 3.16. The van der Waals surface area contributed by atoms with Crippen LogP contribution in [0.2, 0.25) is 0 Å². The molecule has 0 spiro atoms. The van der Waals surface area contributed by atoms with Crippen LogP contribution in [-0.2, 0) is 13.5 Å². The number of carbonyl (C=O) groups is 1. The van der Waals surface area contributed by atoms with Gasteiger partial charge in [-0.2, -0.15) is 9.49 Å². The van der Waals surface area contributed by atoms with Gasteiger partial charge >= 0.3 is 0 Å². The first-order valence-electron chi connectivity index (χ1n) is 8.63. The fourth-order valence-corrected chi connectivity index (χ4v) is 4.10. The molecule has 10 nitrogen and oxygen atoms in total. The number of thioether (sulfide) groups is 1. The third-order valence-electron chi connectivity index (χ3n) is 3.87. The van der Waals surface area contributed by atoms with Crippen molar-refractivity contribution < 1.29 is 9.18 Å². The number of nitrogens with two attached hydrogens (primary N) is 3. The van der Waals surface area contributed by atoms with Crippen molar-refractivity contribution in [3.63, 3.8) is 0 Å². The van der Waals surface area contributed by atoms with Gasteiger partial charge in [-0.05, 0) is 0 Å². The maximum absolute atomic E-state index is 13.9. The zero-order valence-corrected chi connectivity index (χ0v) is 18.4. The molecule has 0 saturated carbocycles. The van der Waals surface area contributed by atoms with Gasteiger partial charge < -0.3 is 21.5 Å². The van der Waals surface area contributed by atoms with Crippen molar-refractivity contribution in [3.05, 3.63) is 40.2 Å². The second-order valence-corrected chi connectivity index (χ2v) is 8.23. The van der Waals surface area contributed by atoms with Crippen molar-refractivity contribution in [1.82, 2.24) is 20.0 Å². The van der Waals surface area contributed by atoms with Gasteiger partial charge in [0.05, 0.1) is 29.2 Å². The molecular weight excluding hydrogens is 429 g/mol. The summed E-state index contributed by atoms with van der Waals surface area (Å²) >= 11 is 2.10. The molecule has 2 rings (SSSR count). The summed E-state index contributed by atoms with van der Waals surface area (Å²) in [6.45, 7) is 0.332. The van der Waals surface area contributed by atoms with Gasteiger partial charge in [-0.25, -0.2) is 4.98 Å². The van der Waals surface area contributed by atoms with E-state index in [1.54, 1.807) is 43.1 Å². The number of aromatic nitrogens is 2. The number of nitrogens with zero attached hydrogens (tertiary/aromatic N) is 5. The molecule has 2 heterocycles. The summed E-state index contributed by atoms with van der Waals surface area (Å²) in [4.78, 5) is 20.6. The highest BCUT2D eigenvalue weighted by molar-refractivity contribution is 8.14. The van der Waals surface area contributed by atoms with Crippen molar-refractivity contribution in [3.8, 4) is 0 Å². The molecule has 0 saturated heterocycles. The van der Waals surface area contributed by atoms with E-state index in [4.69, 9.17) is 17.3 Å². The SMILES string of the molecule is C/N=C(/Cc1nc(N)sc1F)Sc1cn(C)c(C=O)c1/C=N\N(C)C/C(N)=C/NN. The molecule has 0 atom stereocenters. The van der Waals surface area contributed by atoms with Crippen LogP contribution in [0.4, 0.5) is 9.52 Å². The minimum absolute atomic E-state index is 0.167. The Bertz CT molecular complexity index is 980. The van der Waals surface area contributed by atoms with E-state index in [0.29, 0.717) is 28.5 Å². The van der Waals surface area contributed by atoms with E-state index in [1.807, 2.05) is 0 Å². The maximum Gasteiger partial charge on any atom is 0.201 e. The Labute approximate surface area is 181 Å². The highest BCUT2D eigenvalue weighted by atomic mass is 32.2. The van der Waals surface area contributed by atoms with Gasteiger partial charge in [0.2, 0.25) is 5.13 Å². The Kier molecular flexibility index (Phi) is 8.38. The van der Waals surface area contributed by atoms with Crippen molar-refractivity contribution in [2.45, 2.75) is 11.3 Å². The number of likely N-dealkylation sites (N-methyl/N-ethyl adjacent to an activating group) is 1. The van der Waals surface area contributed by atoms with Gasteiger partial charge in [0, 0.05) is 56.1 Å². The number of aliphatic imine (C=N–C) groups is 1. The molecule has 0 unspecified atom stereocenters. The van der Waals surface area contributed by atoms with Crippen molar-refractivity contribution in [1.29, 1.82) is 0 Å². The Morgan fingerprint density at radius 1 is 1.53 bits per heavy atom. The Morgan fingerprint density at radius 2 is 2.27 bits per heavy atom. The lowest BCUT2D eigenvalue weighted by Gasteiger charge is -2.13. The first-order valence-corrected chi connectivity index (χ1v) is 10.3. The Balaban J connectivity index is 2.25. The number of nitrogen functional groups attached to an aromatic ring is 1. The fraction of sp³-hybridized carbons (Fsp3) is 0.294. The van der Waals surface area contributed by atoms with Crippen LogP contribution >= 0.6 is 23.1 Å². The highest BCUT2D eigenvalue weighted by Gasteiger charge is 2.18. The first-order chi connectivity index (χ1) is 14.3. The lowest BCUT2D eigenvalue weighted by atomic mass is 10.3. The van der Waals surface area contributed by atoms with Crippen LogP contribution in [-0.4, -0.2) is 52.7 Å².